The van der Waals surface area contributed by atoms with Gasteiger partial charge in [-0.3, -0.25) is 0 Å². The molecule has 0 spiro atoms. The summed E-state index contributed by atoms with van der Waals surface area (Å²) in [6, 6.07) is 12.7. The van der Waals surface area contributed by atoms with Crippen LogP contribution in [0.15, 0.2) is 46.9 Å². The Labute approximate surface area is 126 Å². The van der Waals surface area contributed by atoms with E-state index < -0.39 is 0 Å². The molecule has 0 aliphatic carbocycles. The van der Waals surface area contributed by atoms with Crippen molar-refractivity contribution in [2.75, 3.05) is 0 Å². The zero-order valence-electron chi connectivity index (χ0n) is 11.3. The predicted molar refractivity (Wildman–Crippen MR) is 82.1 cm³/mol. The standard InChI is InChI=1S/C16H17BrFNO/c1-2-15(19)11-6-8-13(9-7-11)20-10-12-4-3-5-14(18)16(12)17/h3-9,15H,2,10,19H2,1H3/t15-/m0/s1. The van der Waals surface area contributed by atoms with Gasteiger partial charge in [-0.25, -0.2) is 4.39 Å². The maximum atomic E-state index is 13.4. The average Bonchev–Trinajstić information content (AvgIpc) is 2.48. The van der Waals surface area contributed by atoms with Crippen LogP contribution in [0.5, 0.6) is 5.75 Å². The lowest BCUT2D eigenvalue weighted by molar-refractivity contribution is 0.304. The fraction of sp³-hybridized carbons (Fsp3) is 0.250. The molecule has 2 N–H and O–H groups in total. The van der Waals surface area contributed by atoms with Gasteiger partial charge in [0, 0.05) is 11.6 Å². The average molecular weight is 338 g/mol. The predicted octanol–water partition coefficient (Wildman–Crippen LogP) is 4.58. The van der Waals surface area contributed by atoms with Gasteiger partial charge in [-0.2, -0.15) is 0 Å². The maximum Gasteiger partial charge on any atom is 0.137 e. The fourth-order valence-electron chi connectivity index (χ4n) is 1.87. The van der Waals surface area contributed by atoms with E-state index in [9.17, 15) is 4.39 Å². The number of benzene rings is 2. The molecular formula is C16H17BrFNO. The second kappa shape index (κ2) is 6.86. The Hall–Kier alpha value is -1.39. The monoisotopic (exact) mass is 337 g/mol. The maximum absolute atomic E-state index is 13.4. The van der Waals surface area contributed by atoms with Crippen LogP contribution in [0.1, 0.15) is 30.5 Å². The third-order valence-corrected chi connectivity index (χ3v) is 4.06. The molecule has 0 heterocycles. The van der Waals surface area contributed by atoms with Gasteiger partial charge in [0.1, 0.15) is 18.2 Å². The second-order valence-corrected chi connectivity index (χ2v) is 5.38. The Kier molecular flexibility index (Phi) is 5.15. The van der Waals surface area contributed by atoms with E-state index in [4.69, 9.17) is 10.5 Å². The summed E-state index contributed by atoms with van der Waals surface area (Å²) in [5.41, 5.74) is 7.82. The number of nitrogens with two attached hydrogens (primary N) is 1. The van der Waals surface area contributed by atoms with E-state index in [1.807, 2.05) is 30.3 Å². The van der Waals surface area contributed by atoms with Crippen LogP contribution in [0, 0.1) is 5.82 Å². The van der Waals surface area contributed by atoms with Gasteiger partial charge in [0.25, 0.3) is 0 Å². The second-order valence-electron chi connectivity index (χ2n) is 4.59. The highest BCUT2D eigenvalue weighted by molar-refractivity contribution is 9.10. The van der Waals surface area contributed by atoms with Crippen molar-refractivity contribution in [3.05, 3.63) is 63.9 Å². The molecule has 20 heavy (non-hydrogen) atoms. The van der Waals surface area contributed by atoms with Gasteiger partial charge in [0.05, 0.1) is 4.47 Å². The van der Waals surface area contributed by atoms with Crippen LogP contribution < -0.4 is 10.5 Å². The quantitative estimate of drug-likeness (QED) is 0.866. The molecule has 0 aromatic heterocycles. The van der Waals surface area contributed by atoms with Crippen LogP contribution >= 0.6 is 15.9 Å². The molecule has 0 radical (unpaired) electrons. The largest absolute Gasteiger partial charge is 0.489 e. The van der Waals surface area contributed by atoms with E-state index in [0.29, 0.717) is 11.1 Å². The highest BCUT2D eigenvalue weighted by atomic mass is 79.9. The molecule has 0 aliphatic heterocycles. The fourth-order valence-corrected chi connectivity index (χ4v) is 2.25. The van der Waals surface area contributed by atoms with E-state index in [0.717, 1.165) is 23.3 Å². The summed E-state index contributed by atoms with van der Waals surface area (Å²) in [5.74, 6) is 0.462. The lowest BCUT2D eigenvalue weighted by Crippen LogP contribution is -2.08. The zero-order chi connectivity index (χ0) is 14.5. The van der Waals surface area contributed by atoms with Gasteiger partial charge >= 0.3 is 0 Å². The van der Waals surface area contributed by atoms with Crippen LogP contribution in [-0.2, 0) is 6.61 Å². The van der Waals surface area contributed by atoms with Gasteiger partial charge in [-0.05, 0) is 46.1 Å². The van der Waals surface area contributed by atoms with Crippen molar-refractivity contribution in [3.63, 3.8) is 0 Å². The molecule has 0 saturated carbocycles. The SMILES string of the molecule is CC[C@H](N)c1ccc(OCc2cccc(F)c2Br)cc1. The van der Waals surface area contributed by atoms with Gasteiger partial charge in [-0.15, -0.1) is 0 Å². The molecule has 4 heteroatoms. The third-order valence-electron chi connectivity index (χ3n) is 3.17. The number of hydrogen-bond donors (Lipinski definition) is 1. The molecule has 0 amide bonds. The van der Waals surface area contributed by atoms with Gasteiger partial charge in [0.2, 0.25) is 0 Å². The molecule has 0 fully saturated rings. The van der Waals surface area contributed by atoms with Crippen molar-refractivity contribution in [1.82, 2.24) is 0 Å². The van der Waals surface area contributed by atoms with Gasteiger partial charge < -0.3 is 10.5 Å². The first-order valence-electron chi connectivity index (χ1n) is 6.53. The summed E-state index contributed by atoms with van der Waals surface area (Å²) in [5, 5.41) is 0. The topological polar surface area (TPSA) is 35.2 Å². The minimum absolute atomic E-state index is 0.0569. The first-order chi connectivity index (χ1) is 9.61. The third kappa shape index (κ3) is 3.58. The van der Waals surface area contributed by atoms with Crippen molar-refractivity contribution in [1.29, 1.82) is 0 Å². The molecule has 1 atom stereocenters. The van der Waals surface area contributed by atoms with Crippen molar-refractivity contribution in [3.8, 4) is 5.75 Å². The number of ether oxygens (including phenoxy) is 1. The molecule has 2 aromatic carbocycles. The molecule has 106 valence electrons. The van der Waals surface area contributed by atoms with Gasteiger partial charge in [0.15, 0.2) is 0 Å². The Morgan fingerprint density at radius 3 is 2.55 bits per heavy atom. The Morgan fingerprint density at radius 1 is 1.20 bits per heavy atom. The molecule has 2 nitrogen and oxygen atoms in total. The normalized spacial score (nSPS) is 12.2. The summed E-state index contributed by atoms with van der Waals surface area (Å²) in [6.45, 7) is 2.37. The molecule has 2 rings (SSSR count). The zero-order valence-corrected chi connectivity index (χ0v) is 12.9. The van der Waals surface area contributed by atoms with Crippen LogP contribution in [0.25, 0.3) is 0 Å². The van der Waals surface area contributed by atoms with Crippen molar-refractivity contribution >= 4 is 15.9 Å². The first kappa shape index (κ1) is 15.0. The summed E-state index contributed by atoms with van der Waals surface area (Å²) >= 11 is 3.22. The van der Waals surface area contributed by atoms with Crippen molar-refractivity contribution in [2.24, 2.45) is 5.73 Å². The summed E-state index contributed by atoms with van der Waals surface area (Å²) in [4.78, 5) is 0. The number of rotatable bonds is 5. The first-order valence-corrected chi connectivity index (χ1v) is 7.32. The smallest absolute Gasteiger partial charge is 0.137 e. The molecule has 0 saturated heterocycles. The van der Waals surface area contributed by atoms with Crippen molar-refractivity contribution < 1.29 is 9.13 Å². The number of halogens is 2. The van der Waals surface area contributed by atoms with Crippen LogP contribution in [0.3, 0.4) is 0 Å². The minimum atomic E-state index is -0.282. The lowest BCUT2D eigenvalue weighted by atomic mass is 10.1. The lowest BCUT2D eigenvalue weighted by Gasteiger charge is -2.11. The minimum Gasteiger partial charge on any atom is -0.489 e. The highest BCUT2D eigenvalue weighted by Crippen LogP contribution is 2.23. The molecule has 2 aromatic rings. The van der Waals surface area contributed by atoms with Gasteiger partial charge in [-0.1, -0.05) is 31.2 Å². The van der Waals surface area contributed by atoms with E-state index in [2.05, 4.69) is 22.9 Å². The Morgan fingerprint density at radius 2 is 1.90 bits per heavy atom. The molecule has 0 unspecified atom stereocenters. The molecule has 0 bridgehead atoms. The van der Waals surface area contributed by atoms with Crippen molar-refractivity contribution in [2.45, 2.75) is 26.0 Å². The summed E-state index contributed by atoms with van der Waals surface area (Å²) < 4.78 is 19.5. The van der Waals surface area contributed by atoms with E-state index >= 15 is 0 Å². The summed E-state index contributed by atoms with van der Waals surface area (Å²) in [7, 11) is 0. The van der Waals surface area contributed by atoms with Crippen LogP contribution in [0.4, 0.5) is 4.39 Å². The van der Waals surface area contributed by atoms with E-state index in [1.54, 1.807) is 6.07 Å². The number of hydrogen-bond acceptors (Lipinski definition) is 2. The molecule has 0 aliphatic rings. The Bertz CT molecular complexity index is 571. The summed E-state index contributed by atoms with van der Waals surface area (Å²) in [6.07, 6.45) is 0.899. The van der Waals surface area contributed by atoms with Crippen LogP contribution in [0.2, 0.25) is 0 Å². The highest BCUT2D eigenvalue weighted by Gasteiger charge is 2.06. The van der Waals surface area contributed by atoms with Crippen LogP contribution in [-0.4, -0.2) is 0 Å². The Balaban J connectivity index is 2.02. The van der Waals surface area contributed by atoms with E-state index in [-0.39, 0.29) is 11.9 Å². The molecular weight excluding hydrogens is 321 g/mol. The van der Waals surface area contributed by atoms with E-state index in [1.165, 1.54) is 6.07 Å².